The van der Waals surface area contributed by atoms with E-state index in [0.717, 1.165) is 37.4 Å². The van der Waals surface area contributed by atoms with Crippen molar-refractivity contribution in [2.45, 2.75) is 51.3 Å². The van der Waals surface area contributed by atoms with Gasteiger partial charge >= 0.3 is 0 Å². The Bertz CT molecular complexity index is 736. The highest BCUT2D eigenvalue weighted by Crippen LogP contribution is 2.29. The van der Waals surface area contributed by atoms with Crippen molar-refractivity contribution in [3.8, 4) is 0 Å². The smallest absolute Gasteiger partial charge is 0.191 e. The summed E-state index contributed by atoms with van der Waals surface area (Å²) in [5, 5.41) is 11.0. The second kappa shape index (κ2) is 9.54. The summed E-state index contributed by atoms with van der Waals surface area (Å²) in [4.78, 5) is 4.58. The molecule has 0 unspecified atom stereocenters. The van der Waals surface area contributed by atoms with E-state index < -0.39 is 14.6 Å². The molecule has 1 aliphatic rings. The number of hydrogen-bond acceptors (Lipinski definition) is 5. The van der Waals surface area contributed by atoms with Crippen LogP contribution in [0.1, 0.15) is 37.6 Å². The van der Waals surface area contributed by atoms with Gasteiger partial charge in [0.2, 0.25) is 0 Å². The third-order valence-electron chi connectivity index (χ3n) is 5.00. The number of guanidine groups is 1. The number of hydrogen-bond donors (Lipinski definition) is 2. The van der Waals surface area contributed by atoms with Gasteiger partial charge in [-0.05, 0) is 46.1 Å². The van der Waals surface area contributed by atoms with Gasteiger partial charge in [-0.15, -0.1) is 0 Å². The standard InChI is InChI=1S/C18H33N5O3S/c1-5-19-17(20-9-6-10-23-16(3)13-15(2)22-23)21-14-18(27(4,24)25)7-11-26-12-8-18/h13H,5-12,14H2,1-4H3,(H2,19,20,21). The topological polar surface area (TPSA) is 97.6 Å². The van der Waals surface area contributed by atoms with Crippen molar-refractivity contribution in [3.63, 3.8) is 0 Å². The molecule has 27 heavy (non-hydrogen) atoms. The number of aryl methyl sites for hydroxylation is 3. The van der Waals surface area contributed by atoms with Crippen molar-refractivity contribution in [1.82, 2.24) is 20.4 Å². The van der Waals surface area contributed by atoms with Crippen LogP contribution in [-0.2, 0) is 21.1 Å². The van der Waals surface area contributed by atoms with Crippen LogP contribution in [0.2, 0.25) is 0 Å². The molecule has 0 atom stereocenters. The number of aromatic nitrogens is 2. The fourth-order valence-electron chi connectivity index (χ4n) is 3.29. The van der Waals surface area contributed by atoms with Crippen molar-refractivity contribution in [3.05, 3.63) is 17.5 Å². The molecule has 1 saturated heterocycles. The second-order valence-electron chi connectivity index (χ2n) is 7.19. The van der Waals surface area contributed by atoms with Crippen molar-refractivity contribution >= 4 is 15.8 Å². The summed E-state index contributed by atoms with van der Waals surface area (Å²) in [6, 6.07) is 2.07. The zero-order valence-corrected chi connectivity index (χ0v) is 17.7. The molecule has 0 saturated carbocycles. The molecule has 2 N–H and O–H groups in total. The normalized spacial score (nSPS) is 17.7. The molecule has 0 aromatic carbocycles. The second-order valence-corrected chi connectivity index (χ2v) is 9.60. The van der Waals surface area contributed by atoms with E-state index in [9.17, 15) is 8.42 Å². The van der Waals surface area contributed by atoms with Gasteiger partial charge in [-0.3, -0.25) is 9.67 Å². The van der Waals surface area contributed by atoms with Crippen LogP contribution in [0.4, 0.5) is 0 Å². The first-order valence-corrected chi connectivity index (χ1v) is 11.5. The maximum Gasteiger partial charge on any atom is 0.191 e. The van der Waals surface area contributed by atoms with Crippen LogP contribution in [0.5, 0.6) is 0 Å². The Balaban J connectivity index is 1.93. The quantitative estimate of drug-likeness (QED) is 0.385. The lowest BCUT2D eigenvalue weighted by molar-refractivity contribution is 0.0768. The molecule has 9 heteroatoms. The molecule has 1 aliphatic heterocycles. The van der Waals surface area contributed by atoms with Gasteiger partial charge in [0.25, 0.3) is 0 Å². The van der Waals surface area contributed by atoms with E-state index >= 15 is 0 Å². The Kier molecular flexibility index (Phi) is 7.67. The Morgan fingerprint density at radius 3 is 2.59 bits per heavy atom. The summed E-state index contributed by atoms with van der Waals surface area (Å²) < 4.78 is 31.2. The lowest BCUT2D eigenvalue weighted by Gasteiger charge is -2.34. The molecule has 2 heterocycles. The van der Waals surface area contributed by atoms with Crippen LogP contribution in [0, 0.1) is 13.8 Å². The summed E-state index contributed by atoms with van der Waals surface area (Å²) in [7, 11) is -3.22. The van der Waals surface area contributed by atoms with E-state index in [4.69, 9.17) is 4.74 Å². The zero-order chi connectivity index (χ0) is 19.9. The van der Waals surface area contributed by atoms with Crippen molar-refractivity contribution in [1.29, 1.82) is 0 Å². The predicted molar refractivity (Wildman–Crippen MR) is 108 cm³/mol. The Morgan fingerprint density at radius 2 is 2.04 bits per heavy atom. The molecule has 154 valence electrons. The molecular weight excluding hydrogens is 366 g/mol. The van der Waals surface area contributed by atoms with Crippen LogP contribution in [0.15, 0.2) is 11.1 Å². The summed E-state index contributed by atoms with van der Waals surface area (Å²) in [5.74, 6) is 0.653. The highest BCUT2D eigenvalue weighted by atomic mass is 32.2. The molecule has 0 bridgehead atoms. The van der Waals surface area contributed by atoms with Gasteiger partial charge in [-0.2, -0.15) is 5.10 Å². The van der Waals surface area contributed by atoms with Crippen LogP contribution in [0.3, 0.4) is 0 Å². The Morgan fingerprint density at radius 1 is 1.33 bits per heavy atom. The van der Waals surface area contributed by atoms with Gasteiger partial charge in [0.1, 0.15) is 0 Å². The number of nitrogens with one attached hydrogen (secondary N) is 2. The van der Waals surface area contributed by atoms with Gasteiger partial charge < -0.3 is 15.4 Å². The lowest BCUT2D eigenvalue weighted by atomic mass is 9.99. The minimum atomic E-state index is -3.22. The van der Waals surface area contributed by atoms with Gasteiger partial charge in [0.15, 0.2) is 15.8 Å². The van der Waals surface area contributed by atoms with E-state index in [1.165, 1.54) is 6.26 Å². The third-order valence-corrected chi connectivity index (χ3v) is 7.11. The van der Waals surface area contributed by atoms with Crippen LogP contribution >= 0.6 is 0 Å². The molecule has 0 radical (unpaired) electrons. The van der Waals surface area contributed by atoms with Gasteiger partial charge in [-0.25, -0.2) is 8.42 Å². The summed E-state index contributed by atoms with van der Waals surface area (Å²) >= 11 is 0. The SMILES string of the molecule is CCNC(=NCC1(S(C)(=O)=O)CCOCC1)NCCCn1nc(C)cc1C. The van der Waals surface area contributed by atoms with Crippen molar-refractivity contribution in [2.24, 2.45) is 4.99 Å². The fourth-order valence-corrected chi connectivity index (χ4v) is 4.50. The molecule has 1 aromatic rings. The summed E-state index contributed by atoms with van der Waals surface area (Å²) in [6.45, 7) is 9.51. The zero-order valence-electron chi connectivity index (χ0n) is 16.9. The van der Waals surface area contributed by atoms with E-state index in [2.05, 4.69) is 33.7 Å². The van der Waals surface area contributed by atoms with Crippen LogP contribution in [-0.4, -0.2) is 68.0 Å². The van der Waals surface area contributed by atoms with Crippen LogP contribution in [0.25, 0.3) is 0 Å². The molecule has 8 nitrogen and oxygen atoms in total. The Hall–Kier alpha value is -1.61. The minimum absolute atomic E-state index is 0.252. The van der Waals surface area contributed by atoms with Crippen LogP contribution < -0.4 is 10.6 Å². The van der Waals surface area contributed by atoms with Crippen molar-refractivity contribution in [2.75, 3.05) is 39.1 Å². The van der Waals surface area contributed by atoms with Gasteiger partial charge in [-0.1, -0.05) is 0 Å². The lowest BCUT2D eigenvalue weighted by Crippen LogP contribution is -2.47. The van der Waals surface area contributed by atoms with E-state index in [-0.39, 0.29) is 6.54 Å². The molecule has 0 amide bonds. The number of ether oxygens (including phenoxy) is 1. The monoisotopic (exact) mass is 399 g/mol. The summed E-state index contributed by atoms with van der Waals surface area (Å²) in [5.41, 5.74) is 2.18. The number of sulfone groups is 1. The molecule has 1 fully saturated rings. The summed E-state index contributed by atoms with van der Waals surface area (Å²) in [6.07, 6.45) is 3.19. The van der Waals surface area contributed by atoms with E-state index in [1.807, 2.05) is 18.5 Å². The molecule has 1 aromatic heterocycles. The fraction of sp³-hybridized carbons (Fsp3) is 0.778. The maximum atomic E-state index is 12.4. The first-order valence-electron chi connectivity index (χ1n) is 9.58. The third kappa shape index (κ3) is 5.93. The molecule has 0 aliphatic carbocycles. The van der Waals surface area contributed by atoms with Gasteiger partial charge in [0, 0.05) is 44.8 Å². The predicted octanol–water partition coefficient (Wildman–Crippen LogP) is 1.04. The van der Waals surface area contributed by atoms with Crippen molar-refractivity contribution < 1.29 is 13.2 Å². The molecule has 0 spiro atoms. The molecular formula is C18H33N5O3S. The van der Waals surface area contributed by atoms with Gasteiger partial charge in [0.05, 0.1) is 17.0 Å². The average Bonchev–Trinajstić information content (AvgIpc) is 2.93. The van der Waals surface area contributed by atoms with E-state index in [1.54, 1.807) is 0 Å². The number of rotatable bonds is 8. The highest BCUT2D eigenvalue weighted by molar-refractivity contribution is 7.92. The Labute approximate surface area is 162 Å². The molecule has 2 rings (SSSR count). The number of aliphatic imine (C=N–C) groups is 1. The average molecular weight is 400 g/mol. The highest BCUT2D eigenvalue weighted by Gasteiger charge is 2.42. The maximum absolute atomic E-state index is 12.4. The largest absolute Gasteiger partial charge is 0.381 e. The number of nitrogens with zero attached hydrogens (tertiary/aromatic N) is 3. The minimum Gasteiger partial charge on any atom is -0.381 e. The first-order chi connectivity index (χ1) is 12.8. The first kappa shape index (κ1) is 21.7. The van der Waals surface area contributed by atoms with E-state index in [0.29, 0.717) is 32.0 Å².